The lowest BCUT2D eigenvalue weighted by Gasteiger charge is -2.07. The van der Waals surface area contributed by atoms with Gasteiger partial charge in [0.15, 0.2) is 0 Å². The maximum absolute atomic E-state index is 11.6. The average molecular weight is 266 g/mol. The Hall–Kier alpha value is -1.85. The molecule has 1 heterocycles. The van der Waals surface area contributed by atoms with Crippen LogP contribution in [0.3, 0.4) is 0 Å². The van der Waals surface area contributed by atoms with E-state index in [-0.39, 0.29) is 12.5 Å². The Labute approximate surface area is 109 Å². The molecule has 0 radical (unpaired) electrons. The van der Waals surface area contributed by atoms with E-state index in [1.54, 1.807) is 30.5 Å². The second-order valence-corrected chi connectivity index (χ2v) is 4.02. The Kier molecular flexibility index (Phi) is 4.33. The Bertz CT molecular complexity index is 514. The van der Waals surface area contributed by atoms with Crippen molar-refractivity contribution in [2.45, 2.75) is 6.54 Å². The smallest absolute Gasteiger partial charge is 0.238 e. The Morgan fingerprint density at radius 2 is 2.17 bits per heavy atom. The summed E-state index contributed by atoms with van der Waals surface area (Å²) < 4.78 is 4.89. The van der Waals surface area contributed by atoms with Crippen molar-refractivity contribution in [3.8, 4) is 0 Å². The third-order valence-electron chi connectivity index (χ3n) is 2.22. The molecule has 0 unspecified atom stereocenters. The molecule has 0 fully saturated rings. The number of nitrogens with one attached hydrogen (secondary N) is 2. The van der Waals surface area contributed by atoms with Gasteiger partial charge in [-0.25, -0.2) is 0 Å². The number of benzene rings is 1. The fourth-order valence-corrected chi connectivity index (χ4v) is 1.57. The van der Waals surface area contributed by atoms with Gasteiger partial charge in [-0.3, -0.25) is 4.79 Å². The zero-order valence-corrected chi connectivity index (χ0v) is 10.3. The van der Waals surface area contributed by atoms with Gasteiger partial charge in [0.25, 0.3) is 0 Å². The van der Waals surface area contributed by atoms with E-state index in [0.29, 0.717) is 23.0 Å². The van der Waals surface area contributed by atoms with Gasteiger partial charge in [0.05, 0.1) is 30.0 Å². The van der Waals surface area contributed by atoms with E-state index in [2.05, 4.69) is 15.8 Å². The molecule has 6 heteroatoms. The quantitative estimate of drug-likeness (QED) is 0.868. The molecule has 0 bridgehead atoms. The van der Waals surface area contributed by atoms with Crippen molar-refractivity contribution < 1.29 is 9.32 Å². The fraction of sp³-hybridized carbons (Fsp3) is 0.167. The summed E-state index contributed by atoms with van der Waals surface area (Å²) in [7, 11) is 0. The maximum Gasteiger partial charge on any atom is 0.238 e. The summed E-state index contributed by atoms with van der Waals surface area (Å²) in [5, 5.41) is 9.73. The molecule has 0 saturated heterocycles. The van der Waals surface area contributed by atoms with Crippen LogP contribution < -0.4 is 10.6 Å². The number of hydrogen-bond acceptors (Lipinski definition) is 4. The minimum Gasteiger partial charge on any atom is -0.360 e. The first-order valence-electron chi connectivity index (χ1n) is 5.40. The van der Waals surface area contributed by atoms with E-state index in [9.17, 15) is 4.79 Å². The van der Waals surface area contributed by atoms with Crippen molar-refractivity contribution in [1.29, 1.82) is 0 Å². The highest BCUT2D eigenvalue weighted by atomic mass is 35.5. The summed E-state index contributed by atoms with van der Waals surface area (Å²) in [6.07, 6.45) is 1.56. The predicted octanol–water partition coefficient (Wildman–Crippen LogP) is 2.06. The molecule has 18 heavy (non-hydrogen) atoms. The number of halogens is 1. The molecule has 1 amide bonds. The van der Waals surface area contributed by atoms with Gasteiger partial charge in [-0.05, 0) is 12.1 Å². The summed E-state index contributed by atoms with van der Waals surface area (Å²) in [5.74, 6) is 0.517. The number of carbonyl (C=O) groups is 1. The van der Waals surface area contributed by atoms with Crippen molar-refractivity contribution in [2.24, 2.45) is 0 Å². The third-order valence-corrected chi connectivity index (χ3v) is 2.55. The summed E-state index contributed by atoms with van der Waals surface area (Å²) in [6.45, 7) is 0.627. The largest absolute Gasteiger partial charge is 0.360 e. The van der Waals surface area contributed by atoms with Crippen LogP contribution in [0.15, 0.2) is 41.1 Å². The molecule has 94 valence electrons. The van der Waals surface area contributed by atoms with Crippen LogP contribution in [0.2, 0.25) is 5.02 Å². The number of carbonyl (C=O) groups excluding carboxylic acids is 1. The first-order valence-corrected chi connectivity index (χ1v) is 5.78. The van der Waals surface area contributed by atoms with E-state index in [1.165, 1.54) is 0 Å². The van der Waals surface area contributed by atoms with E-state index in [1.807, 2.05) is 6.07 Å². The Balaban J connectivity index is 1.77. The van der Waals surface area contributed by atoms with Crippen molar-refractivity contribution >= 4 is 23.2 Å². The summed E-state index contributed by atoms with van der Waals surface area (Å²) in [5.41, 5.74) is 0.602. The van der Waals surface area contributed by atoms with E-state index in [0.717, 1.165) is 0 Å². The molecule has 5 nitrogen and oxygen atoms in total. The molecule has 0 atom stereocenters. The third kappa shape index (κ3) is 3.58. The average Bonchev–Trinajstić information content (AvgIpc) is 2.85. The second-order valence-electron chi connectivity index (χ2n) is 3.61. The van der Waals surface area contributed by atoms with Crippen LogP contribution in [0.1, 0.15) is 5.76 Å². The van der Waals surface area contributed by atoms with Gasteiger partial charge < -0.3 is 15.2 Å². The lowest BCUT2D eigenvalue weighted by Crippen LogP contribution is -2.27. The van der Waals surface area contributed by atoms with Crippen LogP contribution in [0.4, 0.5) is 5.69 Å². The summed E-state index contributed by atoms with van der Waals surface area (Å²) >= 11 is 5.93. The number of hydrogen-bond donors (Lipinski definition) is 2. The van der Waals surface area contributed by atoms with Gasteiger partial charge in [-0.2, -0.15) is 0 Å². The molecule has 1 aromatic carbocycles. The number of anilines is 1. The molecule has 0 aliphatic rings. The van der Waals surface area contributed by atoms with Gasteiger partial charge in [-0.1, -0.05) is 28.9 Å². The number of rotatable bonds is 5. The molecule has 2 rings (SSSR count). The molecule has 0 saturated carbocycles. The highest BCUT2D eigenvalue weighted by Gasteiger charge is 2.05. The minimum absolute atomic E-state index is 0.164. The van der Waals surface area contributed by atoms with Crippen LogP contribution in [0, 0.1) is 0 Å². The monoisotopic (exact) mass is 265 g/mol. The zero-order chi connectivity index (χ0) is 12.8. The zero-order valence-electron chi connectivity index (χ0n) is 9.52. The van der Waals surface area contributed by atoms with Crippen LogP contribution in [0.5, 0.6) is 0 Å². The molecule has 0 aliphatic heterocycles. The SMILES string of the molecule is O=C(CNCc1ccno1)Nc1ccccc1Cl. The van der Waals surface area contributed by atoms with Gasteiger partial charge in [0.2, 0.25) is 5.91 Å². The molecule has 2 N–H and O–H groups in total. The molecule has 1 aromatic heterocycles. The first kappa shape index (κ1) is 12.6. The topological polar surface area (TPSA) is 67.2 Å². The van der Waals surface area contributed by atoms with Gasteiger partial charge >= 0.3 is 0 Å². The van der Waals surface area contributed by atoms with Gasteiger partial charge in [-0.15, -0.1) is 0 Å². The Morgan fingerprint density at radius 1 is 1.33 bits per heavy atom. The van der Waals surface area contributed by atoms with Crippen molar-refractivity contribution in [1.82, 2.24) is 10.5 Å². The van der Waals surface area contributed by atoms with Crippen molar-refractivity contribution in [3.05, 3.63) is 47.3 Å². The number of aromatic nitrogens is 1. The lowest BCUT2D eigenvalue weighted by molar-refractivity contribution is -0.115. The molecular weight excluding hydrogens is 254 g/mol. The first-order chi connectivity index (χ1) is 8.75. The highest BCUT2D eigenvalue weighted by molar-refractivity contribution is 6.33. The molecule has 0 aliphatic carbocycles. The highest BCUT2D eigenvalue weighted by Crippen LogP contribution is 2.19. The molecule has 2 aromatic rings. The minimum atomic E-state index is -0.164. The van der Waals surface area contributed by atoms with Gasteiger partial charge in [0.1, 0.15) is 5.76 Å². The van der Waals surface area contributed by atoms with E-state index >= 15 is 0 Å². The maximum atomic E-state index is 11.6. The van der Waals surface area contributed by atoms with Crippen molar-refractivity contribution in [3.63, 3.8) is 0 Å². The fourth-order valence-electron chi connectivity index (χ4n) is 1.39. The van der Waals surface area contributed by atoms with Gasteiger partial charge in [0, 0.05) is 6.07 Å². The van der Waals surface area contributed by atoms with Crippen LogP contribution >= 0.6 is 11.6 Å². The molecule has 0 spiro atoms. The standard InChI is InChI=1S/C12H12ClN3O2/c13-10-3-1-2-4-11(10)16-12(17)8-14-7-9-5-6-15-18-9/h1-6,14H,7-8H2,(H,16,17). The number of amides is 1. The van der Waals surface area contributed by atoms with Crippen LogP contribution in [-0.4, -0.2) is 17.6 Å². The van der Waals surface area contributed by atoms with Crippen LogP contribution in [0.25, 0.3) is 0 Å². The second kappa shape index (κ2) is 6.18. The number of nitrogens with zero attached hydrogens (tertiary/aromatic N) is 1. The summed E-state index contributed by atoms with van der Waals surface area (Å²) in [4.78, 5) is 11.6. The normalized spacial score (nSPS) is 10.3. The Morgan fingerprint density at radius 3 is 2.89 bits per heavy atom. The van der Waals surface area contributed by atoms with E-state index in [4.69, 9.17) is 16.1 Å². The predicted molar refractivity (Wildman–Crippen MR) is 68.3 cm³/mol. The lowest BCUT2D eigenvalue weighted by atomic mass is 10.3. The van der Waals surface area contributed by atoms with Crippen LogP contribution in [-0.2, 0) is 11.3 Å². The van der Waals surface area contributed by atoms with Crippen molar-refractivity contribution in [2.75, 3.05) is 11.9 Å². The summed E-state index contributed by atoms with van der Waals surface area (Å²) in [6, 6.07) is 8.82. The number of para-hydroxylation sites is 1. The molecular formula is C12H12ClN3O2. The van der Waals surface area contributed by atoms with E-state index < -0.39 is 0 Å².